The number of anilines is 1. The first-order chi connectivity index (χ1) is 14.4. The number of hydrogen-bond donors (Lipinski definition) is 3. The van der Waals surface area contributed by atoms with E-state index in [-0.39, 0.29) is 11.5 Å². The van der Waals surface area contributed by atoms with Crippen LogP contribution >= 0.6 is 11.8 Å². The van der Waals surface area contributed by atoms with Crippen molar-refractivity contribution in [1.29, 1.82) is 0 Å². The summed E-state index contributed by atoms with van der Waals surface area (Å²) in [6.07, 6.45) is 1.38. The second kappa shape index (κ2) is 11.1. The Kier molecular flexibility index (Phi) is 8.57. The molecule has 0 aliphatic carbocycles. The smallest absolute Gasteiger partial charge is 0.412 e. The summed E-state index contributed by atoms with van der Waals surface area (Å²) in [5.74, 6) is -1.09. The van der Waals surface area contributed by atoms with Gasteiger partial charge in [0.1, 0.15) is 6.10 Å². The Morgan fingerprint density at radius 3 is 2.37 bits per heavy atom. The van der Waals surface area contributed by atoms with Crippen molar-refractivity contribution < 1.29 is 34.0 Å². The zero-order valence-electron chi connectivity index (χ0n) is 16.7. The topological polar surface area (TPSA) is 114 Å². The molecule has 30 heavy (non-hydrogen) atoms. The van der Waals surface area contributed by atoms with Crippen molar-refractivity contribution in [2.45, 2.75) is 17.1 Å². The van der Waals surface area contributed by atoms with Gasteiger partial charge in [-0.05, 0) is 54.3 Å². The molecule has 9 heteroatoms. The second-order valence-corrected chi connectivity index (χ2v) is 6.89. The zero-order chi connectivity index (χ0) is 22.1. The number of amides is 1. The lowest BCUT2D eigenvalue weighted by molar-refractivity contribution is -0.131. The molecule has 0 saturated heterocycles. The molecule has 0 aliphatic rings. The van der Waals surface area contributed by atoms with Crippen LogP contribution in [0.2, 0.25) is 0 Å². The third-order valence-electron chi connectivity index (χ3n) is 4.10. The summed E-state index contributed by atoms with van der Waals surface area (Å²) in [6, 6.07) is 11.6. The number of benzene rings is 2. The fraction of sp³-hybridized carbons (Fsp3) is 0.238. The number of phenols is 1. The molecule has 0 aromatic heterocycles. The molecular formula is C21H23NO7S. The molecule has 0 fully saturated rings. The number of ether oxygens (including phenoxy) is 3. The number of carbonyl (C=O) groups excluding carboxylic acids is 1. The first kappa shape index (κ1) is 23.1. The van der Waals surface area contributed by atoms with Crippen molar-refractivity contribution in [3.63, 3.8) is 0 Å². The molecule has 8 nitrogen and oxygen atoms in total. The van der Waals surface area contributed by atoms with E-state index in [4.69, 9.17) is 19.3 Å². The molecule has 2 aromatic rings. The average Bonchev–Trinajstić information content (AvgIpc) is 2.73. The summed E-state index contributed by atoms with van der Waals surface area (Å²) >= 11 is 1.57. The van der Waals surface area contributed by atoms with Gasteiger partial charge in [0.2, 0.25) is 0 Å². The van der Waals surface area contributed by atoms with Crippen LogP contribution in [0.5, 0.6) is 11.5 Å². The Morgan fingerprint density at radius 1 is 1.13 bits per heavy atom. The third kappa shape index (κ3) is 6.43. The minimum Gasteiger partial charge on any atom is -0.504 e. The highest BCUT2D eigenvalue weighted by Gasteiger charge is 2.27. The molecule has 0 radical (unpaired) electrons. The fourth-order valence-corrected chi connectivity index (χ4v) is 3.03. The number of thioether (sulfide) groups is 1. The van der Waals surface area contributed by atoms with Gasteiger partial charge in [0.25, 0.3) is 0 Å². The van der Waals surface area contributed by atoms with E-state index in [2.05, 4.69) is 5.32 Å². The zero-order valence-corrected chi connectivity index (χ0v) is 17.5. The summed E-state index contributed by atoms with van der Waals surface area (Å²) in [7, 11) is 2.77. The van der Waals surface area contributed by atoms with Crippen LogP contribution in [0.1, 0.15) is 11.7 Å². The predicted molar refractivity (Wildman–Crippen MR) is 113 cm³/mol. The Hall–Kier alpha value is -3.17. The van der Waals surface area contributed by atoms with Crippen LogP contribution in [0.15, 0.2) is 59.5 Å². The number of rotatable bonds is 9. The Balaban J connectivity index is 2.28. The minimum atomic E-state index is -1.17. The van der Waals surface area contributed by atoms with Crippen molar-refractivity contribution in [3.05, 3.63) is 60.2 Å². The number of hydrogen-bond acceptors (Lipinski definition) is 7. The van der Waals surface area contributed by atoms with Gasteiger partial charge in [0, 0.05) is 23.8 Å². The summed E-state index contributed by atoms with van der Waals surface area (Å²) in [5.41, 5.74) is 0.923. The lowest BCUT2D eigenvalue weighted by atomic mass is 10.0. The van der Waals surface area contributed by atoms with Crippen LogP contribution in [-0.2, 0) is 14.3 Å². The highest BCUT2D eigenvalue weighted by Crippen LogP contribution is 2.33. The molecule has 160 valence electrons. The van der Waals surface area contributed by atoms with E-state index in [0.717, 1.165) is 11.0 Å². The first-order valence-corrected chi connectivity index (χ1v) is 10.0. The van der Waals surface area contributed by atoms with E-state index in [1.165, 1.54) is 32.4 Å². The van der Waals surface area contributed by atoms with Crippen LogP contribution in [0, 0.1) is 0 Å². The van der Waals surface area contributed by atoms with Gasteiger partial charge in [-0.2, -0.15) is 0 Å². The van der Waals surface area contributed by atoms with Gasteiger partial charge in [-0.25, -0.2) is 9.59 Å². The molecule has 0 heterocycles. The quantitative estimate of drug-likeness (QED) is 0.401. The van der Waals surface area contributed by atoms with Crippen molar-refractivity contribution in [3.8, 4) is 11.5 Å². The third-order valence-corrected chi connectivity index (χ3v) is 4.84. The summed E-state index contributed by atoms with van der Waals surface area (Å²) in [6.45, 7) is 0. The van der Waals surface area contributed by atoms with Crippen LogP contribution < -0.4 is 10.1 Å². The Bertz CT molecular complexity index is 899. The highest BCUT2D eigenvalue weighted by molar-refractivity contribution is 7.98. The molecule has 3 N–H and O–H groups in total. The van der Waals surface area contributed by atoms with Crippen LogP contribution in [0.4, 0.5) is 10.5 Å². The van der Waals surface area contributed by atoms with Gasteiger partial charge >= 0.3 is 12.1 Å². The lowest BCUT2D eigenvalue weighted by Crippen LogP contribution is -2.27. The molecule has 0 unspecified atom stereocenters. The number of methoxy groups -OCH3 is 2. The standard InChI is InChI=1S/C21H23NO7S/c1-27-17-9-4-13(12-16(17)23)20(18(28-2)10-11-19(24)25)29-21(26)22-14-5-7-15(30-3)8-6-14/h4-12,18,20,23H,1-3H3,(H,22,26)(H,24,25)/b11-10+/t18-,20-/m1/s1. The number of aromatic hydroxyl groups is 1. The van der Waals surface area contributed by atoms with Crippen molar-refractivity contribution in [1.82, 2.24) is 0 Å². The summed E-state index contributed by atoms with van der Waals surface area (Å²) < 4.78 is 15.9. The Morgan fingerprint density at radius 2 is 1.83 bits per heavy atom. The van der Waals surface area contributed by atoms with Crippen LogP contribution in [-0.4, -0.2) is 48.9 Å². The number of carboxylic acids is 1. The maximum atomic E-state index is 12.5. The number of aliphatic carboxylic acids is 1. The monoisotopic (exact) mass is 433 g/mol. The summed E-state index contributed by atoms with van der Waals surface area (Å²) in [5, 5.41) is 21.6. The molecule has 1 amide bonds. The molecule has 0 aliphatic heterocycles. The molecular weight excluding hydrogens is 410 g/mol. The number of nitrogens with one attached hydrogen (secondary N) is 1. The van der Waals surface area contributed by atoms with Crippen molar-refractivity contribution >= 4 is 29.5 Å². The van der Waals surface area contributed by atoms with E-state index >= 15 is 0 Å². The summed E-state index contributed by atoms with van der Waals surface area (Å²) in [4.78, 5) is 24.4. The highest BCUT2D eigenvalue weighted by atomic mass is 32.2. The van der Waals surface area contributed by atoms with Crippen LogP contribution in [0.25, 0.3) is 0 Å². The van der Waals surface area contributed by atoms with E-state index in [0.29, 0.717) is 11.3 Å². The normalized spacial score (nSPS) is 12.9. The van der Waals surface area contributed by atoms with Crippen molar-refractivity contribution in [2.24, 2.45) is 0 Å². The Labute approximate surface area is 178 Å². The van der Waals surface area contributed by atoms with Crippen LogP contribution in [0.3, 0.4) is 0 Å². The first-order valence-electron chi connectivity index (χ1n) is 8.80. The van der Waals surface area contributed by atoms with Gasteiger partial charge < -0.3 is 24.4 Å². The number of carbonyl (C=O) groups is 2. The van der Waals surface area contributed by atoms with Crippen molar-refractivity contribution in [2.75, 3.05) is 25.8 Å². The molecule has 0 saturated carbocycles. The van der Waals surface area contributed by atoms with Gasteiger partial charge in [0.15, 0.2) is 17.6 Å². The van der Waals surface area contributed by atoms with E-state index in [1.807, 2.05) is 18.4 Å². The van der Waals surface area contributed by atoms with E-state index in [9.17, 15) is 14.7 Å². The molecule has 2 atom stereocenters. The van der Waals surface area contributed by atoms with E-state index < -0.39 is 24.3 Å². The van der Waals surface area contributed by atoms with Gasteiger partial charge in [-0.1, -0.05) is 6.07 Å². The molecule has 0 spiro atoms. The maximum Gasteiger partial charge on any atom is 0.412 e. The molecule has 2 aromatic carbocycles. The van der Waals surface area contributed by atoms with E-state index in [1.54, 1.807) is 30.0 Å². The van der Waals surface area contributed by atoms with Gasteiger partial charge in [0.05, 0.1) is 7.11 Å². The molecule has 0 bridgehead atoms. The fourth-order valence-electron chi connectivity index (χ4n) is 2.63. The number of carboxylic acid groups (broad SMARTS) is 1. The number of phenolic OH excluding ortho intramolecular Hbond substituents is 1. The maximum absolute atomic E-state index is 12.5. The largest absolute Gasteiger partial charge is 0.504 e. The lowest BCUT2D eigenvalue weighted by Gasteiger charge is -2.24. The minimum absolute atomic E-state index is 0.159. The predicted octanol–water partition coefficient (Wildman–Crippen LogP) is 4.07. The van der Waals surface area contributed by atoms with Gasteiger partial charge in [-0.15, -0.1) is 11.8 Å². The SMILES string of the molecule is COc1ccc([C@@H](OC(=O)Nc2ccc(SC)cc2)[C@@H](/C=C/C(=O)O)OC)cc1O. The van der Waals surface area contributed by atoms with Gasteiger partial charge in [-0.3, -0.25) is 5.32 Å². The second-order valence-electron chi connectivity index (χ2n) is 6.01. The average molecular weight is 433 g/mol. The molecule has 2 rings (SSSR count).